The van der Waals surface area contributed by atoms with E-state index in [0.29, 0.717) is 6.04 Å². The Morgan fingerprint density at radius 1 is 1.08 bits per heavy atom. The first kappa shape index (κ1) is 16.2. The minimum Gasteiger partial charge on any atom is -0.352 e. The van der Waals surface area contributed by atoms with Gasteiger partial charge >= 0.3 is 0 Å². The van der Waals surface area contributed by atoms with E-state index in [9.17, 15) is 0 Å². The third-order valence-corrected chi connectivity index (χ3v) is 6.34. The van der Waals surface area contributed by atoms with E-state index < -0.39 is 0 Å². The number of hydrogen-bond acceptors (Lipinski definition) is 5. The smallest absolute Gasteiger partial charge is 0.151 e. The van der Waals surface area contributed by atoms with Crippen LogP contribution in [0.25, 0.3) is 0 Å². The second-order valence-electron chi connectivity index (χ2n) is 8.13. The van der Waals surface area contributed by atoms with Gasteiger partial charge in [-0.05, 0) is 63.6 Å². The number of nitrogens with zero attached hydrogens (tertiary/aromatic N) is 6. The van der Waals surface area contributed by atoms with E-state index in [0.717, 1.165) is 38.4 Å². The summed E-state index contributed by atoms with van der Waals surface area (Å²) < 4.78 is 2.44. The van der Waals surface area contributed by atoms with Crippen molar-refractivity contribution in [3.63, 3.8) is 0 Å². The van der Waals surface area contributed by atoms with Gasteiger partial charge < -0.3 is 9.47 Å². The van der Waals surface area contributed by atoms with Crippen molar-refractivity contribution in [1.29, 1.82) is 0 Å². The molecule has 6 nitrogen and oxygen atoms in total. The maximum Gasteiger partial charge on any atom is 0.151 e. The summed E-state index contributed by atoms with van der Waals surface area (Å²) in [6.45, 7) is 4.16. The first-order valence-electron chi connectivity index (χ1n) is 10.1. The molecule has 0 saturated carbocycles. The van der Waals surface area contributed by atoms with Crippen LogP contribution in [0.2, 0.25) is 0 Å². The summed E-state index contributed by atoms with van der Waals surface area (Å²) in [4.78, 5) is 9.51. The molecule has 2 aromatic rings. The van der Waals surface area contributed by atoms with Crippen LogP contribution in [-0.4, -0.2) is 50.8 Å². The van der Waals surface area contributed by atoms with Crippen LogP contribution in [0.4, 0.5) is 5.82 Å². The number of hydrogen-bond donors (Lipinski definition) is 0. The Morgan fingerprint density at radius 3 is 2.85 bits per heavy atom. The van der Waals surface area contributed by atoms with Gasteiger partial charge in [0.15, 0.2) is 5.82 Å². The van der Waals surface area contributed by atoms with Crippen LogP contribution in [0.15, 0.2) is 12.3 Å². The Hall–Kier alpha value is -1.95. The zero-order valence-corrected chi connectivity index (χ0v) is 15.7. The maximum atomic E-state index is 4.69. The van der Waals surface area contributed by atoms with Crippen LogP contribution >= 0.6 is 0 Å². The number of anilines is 1. The van der Waals surface area contributed by atoms with Crippen LogP contribution in [0.3, 0.4) is 0 Å². The van der Waals surface area contributed by atoms with Crippen molar-refractivity contribution in [3.05, 3.63) is 35.0 Å². The average Bonchev–Trinajstić information content (AvgIpc) is 3.03. The standard InChI is InChI=1S/C20H28N6/c1-24(14-20-21-11-16-7-4-5-9-26(16)20)17-12-25(13-17)19-10-15-6-2-3-8-18(15)22-23-19/h10-11,17H,2-9,12-14H2,1H3. The van der Waals surface area contributed by atoms with Gasteiger partial charge in [-0.2, -0.15) is 5.10 Å². The van der Waals surface area contributed by atoms with E-state index in [1.165, 1.54) is 61.3 Å². The van der Waals surface area contributed by atoms with Crippen LogP contribution in [0.1, 0.15) is 48.5 Å². The van der Waals surface area contributed by atoms with Crippen molar-refractivity contribution in [2.75, 3.05) is 25.0 Å². The van der Waals surface area contributed by atoms with Crippen molar-refractivity contribution in [2.45, 2.75) is 64.1 Å². The monoisotopic (exact) mass is 352 g/mol. The largest absolute Gasteiger partial charge is 0.352 e. The highest BCUT2D eigenvalue weighted by molar-refractivity contribution is 5.45. The maximum absolute atomic E-state index is 4.69. The van der Waals surface area contributed by atoms with Gasteiger partial charge in [0, 0.05) is 37.6 Å². The molecule has 0 unspecified atom stereocenters. The molecular formula is C20H28N6. The molecule has 0 aromatic carbocycles. The number of aryl methyl sites for hydroxylation is 3. The van der Waals surface area contributed by atoms with E-state index >= 15 is 0 Å². The Morgan fingerprint density at radius 2 is 1.92 bits per heavy atom. The first-order valence-corrected chi connectivity index (χ1v) is 10.1. The van der Waals surface area contributed by atoms with Gasteiger partial charge in [0.2, 0.25) is 0 Å². The van der Waals surface area contributed by atoms with Gasteiger partial charge in [-0.15, -0.1) is 5.10 Å². The van der Waals surface area contributed by atoms with Gasteiger partial charge in [0.05, 0.1) is 12.2 Å². The van der Waals surface area contributed by atoms with Gasteiger partial charge in [0.1, 0.15) is 5.82 Å². The highest BCUT2D eigenvalue weighted by Crippen LogP contribution is 2.26. The predicted molar refractivity (Wildman–Crippen MR) is 101 cm³/mol. The summed E-state index contributed by atoms with van der Waals surface area (Å²) >= 11 is 0. The summed E-state index contributed by atoms with van der Waals surface area (Å²) in [6.07, 6.45) is 10.7. The lowest BCUT2D eigenvalue weighted by molar-refractivity contribution is 0.189. The van der Waals surface area contributed by atoms with Crippen molar-refractivity contribution in [2.24, 2.45) is 0 Å². The van der Waals surface area contributed by atoms with Crippen molar-refractivity contribution >= 4 is 5.82 Å². The summed E-state index contributed by atoms with van der Waals surface area (Å²) in [7, 11) is 2.23. The zero-order valence-electron chi connectivity index (χ0n) is 15.7. The summed E-state index contributed by atoms with van der Waals surface area (Å²) in [5, 5.41) is 8.96. The highest BCUT2D eigenvalue weighted by atomic mass is 15.4. The van der Waals surface area contributed by atoms with E-state index in [2.05, 4.69) is 48.9 Å². The second-order valence-corrected chi connectivity index (χ2v) is 8.13. The molecule has 138 valence electrons. The zero-order chi connectivity index (χ0) is 17.5. The molecule has 4 heterocycles. The Balaban J connectivity index is 1.21. The topological polar surface area (TPSA) is 50.1 Å². The summed E-state index contributed by atoms with van der Waals surface area (Å²) in [5.41, 5.74) is 4.06. The fraction of sp³-hybridized carbons (Fsp3) is 0.650. The molecule has 3 aliphatic rings. The average molecular weight is 352 g/mol. The third kappa shape index (κ3) is 2.90. The molecule has 0 amide bonds. The van der Waals surface area contributed by atoms with Crippen molar-refractivity contribution < 1.29 is 0 Å². The Kier molecular flexibility index (Phi) is 4.15. The normalized spacial score (nSPS) is 20.0. The molecule has 26 heavy (non-hydrogen) atoms. The molecule has 1 saturated heterocycles. The van der Waals surface area contributed by atoms with Crippen LogP contribution in [0, 0.1) is 0 Å². The molecular weight excluding hydrogens is 324 g/mol. The van der Waals surface area contributed by atoms with Crippen molar-refractivity contribution in [3.8, 4) is 0 Å². The highest BCUT2D eigenvalue weighted by Gasteiger charge is 2.32. The summed E-state index contributed by atoms with van der Waals surface area (Å²) in [6, 6.07) is 2.85. The van der Waals surface area contributed by atoms with Gasteiger partial charge in [-0.25, -0.2) is 4.98 Å². The number of rotatable bonds is 4. The lowest BCUT2D eigenvalue weighted by Crippen LogP contribution is -2.58. The number of likely N-dealkylation sites (N-methyl/N-ethyl adjacent to an activating group) is 1. The molecule has 0 spiro atoms. The van der Waals surface area contributed by atoms with Crippen LogP contribution in [0.5, 0.6) is 0 Å². The van der Waals surface area contributed by atoms with Gasteiger partial charge in [0.25, 0.3) is 0 Å². The van der Waals surface area contributed by atoms with E-state index in [1.807, 2.05) is 0 Å². The molecule has 0 N–H and O–H groups in total. The van der Waals surface area contributed by atoms with Gasteiger partial charge in [-0.1, -0.05) is 0 Å². The molecule has 1 aliphatic carbocycles. The molecule has 0 bridgehead atoms. The van der Waals surface area contributed by atoms with Crippen molar-refractivity contribution in [1.82, 2.24) is 24.6 Å². The molecule has 5 rings (SSSR count). The number of aromatic nitrogens is 4. The quantitative estimate of drug-likeness (QED) is 0.844. The molecule has 2 aliphatic heterocycles. The van der Waals surface area contributed by atoms with Crippen LogP contribution < -0.4 is 4.90 Å². The number of fused-ring (bicyclic) bond motifs is 2. The minimum absolute atomic E-state index is 0.573. The molecule has 6 heteroatoms. The van der Waals surface area contributed by atoms with Crippen LogP contribution in [-0.2, 0) is 32.4 Å². The molecule has 0 atom stereocenters. The Bertz CT molecular complexity index is 792. The first-order chi connectivity index (χ1) is 12.8. The lowest BCUT2D eigenvalue weighted by atomic mass is 9.96. The Labute approximate surface area is 155 Å². The molecule has 2 aromatic heterocycles. The van der Waals surface area contributed by atoms with E-state index in [1.54, 1.807) is 0 Å². The lowest BCUT2D eigenvalue weighted by Gasteiger charge is -2.44. The molecule has 0 radical (unpaired) electrons. The second kappa shape index (κ2) is 6.65. The third-order valence-electron chi connectivity index (χ3n) is 6.34. The SMILES string of the molecule is CN(Cc1ncc2n1CCCC2)C1CN(c2cc3c(nn2)CCCC3)C1. The predicted octanol–water partition coefficient (Wildman–Crippen LogP) is 2.21. The fourth-order valence-electron chi connectivity index (χ4n) is 4.54. The van der Waals surface area contributed by atoms with E-state index in [-0.39, 0.29) is 0 Å². The fourth-order valence-corrected chi connectivity index (χ4v) is 4.54. The van der Waals surface area contributed by atoms with E-state index in [4.69, 9.17) is 0 Å². The summed E-state index contributed by atoms with van der Waals surface area (Å²) in [5.74, 6) is 2.29. The van der Waals surface area contributed by atoms with Gasteiger partial charge in [-0.3, -0.25) is 4.90 Å². The number of imidazole rings is 1. The molecule has 1 fully saturated rings. The minimum atomic E-state index is 0.573.